The molecule has 2 spiro atoms. The molecule has 1 aromatic heterocycles. The molecule has 9 N–H and O–H groups in total. The maximum absolute atomic E-state index is 13.2. The van der Waals surface area contributed by atoms with E-state index in [-0.39, 0.29) is 30.3 Å². The van der Waals surface area contributed by atoms with E-state index >= 15 is 0 Å². The number of aromatic nitrogens is 1. The van der Waals surface area contributed by atoms with Gasteiger partial charge in [-0.15, -0.1) is 0 Å². The molecule has 4 fully saturated rings. The third-order valence-corrected chi connectivity index (χ3v) is 18.1. The molecule has 19 heteroatoms. The molecule has 2 saturated carbocycles. The summed E-state index contributed by atoms with van der Waals surface area (Å²) in [4.78, 5) is 59.8. The van der Waals surface area contributed by atoms with Gasteiger partial charge in [-0.05, 0) is 112 Å². The maximum Gasteiger partial charge on any atom is 0.250 e. The summed E-state index contributed by atoms with van der Waals surface area (Å²) in [6.45, 7) is 0.533. The number of likely N-dealkylation sites (tertiary alicyclic amines) is 2. The monoisotopic (exact) mass is 973 g/mol. The maximum atomic E-state index is 13.2. The van der Waals surface area contributed by atoms with Crippen molar-refractivity contribution >= 4 is 40.2 Å². The van der Waals surface area contributed by atoms with Crippen molar-refractivity contribution < 1.29 is 58.6 Å². The summed E-state index contributed by atoms with van der Waals surface area (Å²) in [5, 5.41) is 59.2. The van der Waals surface area contributed by atoms with Gasteiger partial charge in [-0.3, -0.25) is 24.1 Å². The van der Waals surface area contributed by atoms with Crippen LogP contribution in [0.4, 0.5) is 5.69 Å². The Morgan fingerprint density at radius 1 is 0.761 bits per heavy atom. The third-order valence-electron chi connectivity index (χ3n) is 18.1. The molecular formula is C52H59N7O12. The predicted octanol–water partition coefficient (Wildman–Crippen LogP) is 1.41. The Morgan fingerprint density at radius 3 is 2.15 bits per heavy atom. The number of nitrogens with one attached hydrogen (secondary N) is 5. The smallest absolute Gasteiger partial charge is 0.250 e. The predicted molar refractivity (Wildman–Crippen MR) is 253 cm³/mol. The second-order valence-electron chi connectivity index (χ2n) is 21.6. The van der Waals surface area contributed by atoms with Crippen LogP contribution >= 0.6 is 0 Å². The molecule has 4 aliphatic heterocycles. The first-order valence-corrected chi connectivity index (χ1v) is 25.1. The second-order valence-corrected chi connectivity index (χ2v) is 21.6. The fourth-order valence-electron chi connectivity index (χ4n) is 14.9. The lowest BCUT2D eigenvalue weighted by Gasteiger charge is -2.63. The molecule has 13 rings (SSSR count). The fraction of sp³-hybridized carbons (Fsp3) is 0.538. The third kappa shape index (κ3) is 6.41. The molecule has 19 nitrogen and oxygen atoms in total. The molecule has 71 heavy (non-hydrogen) atoms. The van der Waals surface area contributed by atoms with Crippen LogP contribution in [-0.2, 0) is 58.7 Å². The Bertz CT molecular complexity index is 2940. The number of nitrogens with zero attached hydrogens (tertiary/aromatic N) is 2. The minimum Gasteiger partial charge on any atom is -0.504 e. The van der Waals surface area contributed by atoms with Crippen molar-refractivity contribution in [3.05, 3.63) is 76.0 Å². The number of anilines is 1. The van der Waals surface area contributed by atoms with Crippen molar-refractivity contribution in [2.75, 3.05) is 65.1 Å². The highest BCUT2D eigenvalue weighted by Crippen LogP contribution is 2.70. The Hall–Kier alpha value is -5.96. The van der Waals surface area contributed by atoms with Gasteiger partial charge in [-0.2, -0.15) is 0 Å². The van der Waals surface area contributed by atoms with Gasteiger partial charge in [0.2, 0.25) is 23.6 Å². The van der Waals surface area contributed by atoms with Crippen LogP contribution in [0.3, 0.4) is 0 Å². The van der Waals surface area contributed by atoms with E-state index in [1.807, 2.05) is 31.3 Å². The summed E-state index contributed by atoms with van der Waals surface area (Å²) in [5.74, 6) is -0.535. The lowest BCUT2D eigenvalue weighted by molar-refractivity contribution is -0.187. The summed E-state index contributed by atoms with van der Waals surface area (Å²) < 4.78 is 24.0. The number of aliphatic hydroxyl groups is 2. The molecule has 9 aliphatic rings. The number of fused-ring (bicyclic) bond motifs is 4. The summed E-state index contributed by atoms with van der Waals surface area (Å²) in [6.07, 6.45) is 5.15. The van der Waals surface area contributed by atoms with Crippen molar-refractivity contribution in [3.63, 3.8) is 0 Å². The fourth-order valence-corrected chi connectivity index (χ4v) is 14.9. The number of likely N-dealkylation sites (N-methyl/N-ethyl adjacent to an activating group) is 1. The number of hydrogen-bond acceptors (Lipinski definition) is 14. The molecule has 2 saturated heterocycles. The highest BCUT2D eigenvalue weighted by Gasteiger charge is 2.74. The van der Waals surface area contributed by atoms with Gasteiger partial charge in [0, 0.05) is 41.6 Å². The van der Waals surface area contributed by atoms with Gasteiger partial charge in [0.25, 0.3) is 0 Å². The van der Waals surface area contributed by atoms with E-state index < -0.39 is 90.3 Å². The number of aromatic hydroxyl groups is 2. The molecule has 374 valence electrons. The zero-order valence-corrected chi connectivity index (χ0v) is 39.5. The second kappa shape index (κ2) is 16.0. The molecule has 9 atom stereocenters. The molecule has 3 aromatic carbocycles. The van der Waals surface area contributed by atoms with Crippen molar-refractivity contribution in [3.8, 4) is 23.0 Å². The van der Waals surface area contributed by atoms with Crippen LogP contribution in [0.25, 0.3) is 10.9 Å². The van der Waals surface area contributed by atoms with E-state index in [1.165, 1.54) is 12.8 Å². The van der Waals surface area contributed by atoms with Crippen LogP contribution in [0.15, 0.2) is 42.5 Å². The summed E-state index contributed by atoms with van der Waals surface area (Å²) in [5.41, 5.74) is 3.07. The largest absolute Gasteiger partial charge is 0.504 e. The molecule has 5 heterocycles. The zero-order chi connectivity index (χ0) is 48.8. The number of ether oxygens (including phenoxy) is 4. The van der Waals surface area contributed by atoms with Gasteiger partial charge in [-0.1, -0.05) is 24.3 Å². The standard InChI is InChI=1S/C52H59N7O12/c1-58-15-13-49-41-27-7-9-33(60)45(41)70-47(49)32(11-12-51(49,66)35(58)17-27)56-40(65)24-69-22-38(63)54-25-53-37(62)21-68-23-39(64)55-31-4-2-3-29-30-19-52(67)36-18-28-8-10-34(61)46-42(28)50(52,14-16-59(36)20-26-5-6-26)48(71-46)44(30)57-43(29)31/h2-4,7-10,26,32,35-36,47-48,57,60-61,66-67H,5-6,11-25H2,1H3,(H,53,62)(H,54,63)(H,55,64)(H,56,65)/t32-,35?,36?,47-,48-,49?,50?,51+,52+/m0/s1. The Morgan fingerprint density at radius 2 is 1.42 bits per heavy atom. The average Bonchev–Trinajstić information content (AvgIpc) is 3.81. The van der Waals surface area contributed by atoms with Crippen molar-refractivity contribution in [1.29, 1.82) is 0 Å². The summed E-state index contributed by atoms with van der Waals surface area (Å²) >= 11 is 0. The van der Waals surface area contributed by atoms with Gasteiger partial charge in [0.15, 0.2) is 29.1 Å². The van der Waals surface area contributed by atoms with E-state index in [0.717, 1.165) is 58.5 Å². The number of para-hydroxylation sites is 1. The van der Waals surface area contributed by atoms with Gasteiger partial charge in [0.05, 0.1) is 51.6 Å². The number of amides is 4. The Balaban J connectivity index is 0.584. The molecule has 4 aromatic rings. The topological polar surface area (TPSA) is 257 Å². The molecule has 5 aliphatic carbocycles. The van der Waals surface area contributed by atoms with E-state index in [0.29, 0.717) is 73.6 Å². The van der Waals surface area contributed by atoms with Crippen LogP contribution in [0.2, 0.25) is 0 Å². The van der Waals surface area contributed by atoms with E-state index in [9.17, 15) is 39.6 Å². The number of carbonyl (C=O) groups is 4. The van der Waals surface area contributed by atoms with Crippen molar-refractivity contribution in [2.45, 2.75) is 110 Å². The van der Waals surface area contributed by atoms with Crippen LogP contribution in [0, 0.1) is 5.92 Å². The number of phenols is 2. The van der Waals surface area contributed by atoms with Crippen molar-refractivity contribution in [1.82, 2.24) is 30.7 Å². The first-order valence-electron chi connectivity index (χ1n) is 25.1. The van der Waals surface area contributed by atoms with Crippen LogP contribution < -0.4 is 30.7 Å². The highest BCUT2D eigenvalue weighted by molar-refractivity contribution is 6.03. The highest BCUT2D eigenvalue weighted by atomic mass is 16.5. The lowest BCUT2D eigenvalue weighted by Crippen LogP contribution is -2.77. The summed E-state index contributed by atoms with van der Waals surface area (Å²) in [6, 6.07) is 12.1. The van der Waals surface area contributed by atoms with E-state index in [4.69, 9.17) is 18.9 Å². The van der Waals surface area contributed by atoms with Crippen molar-refractivity contribution in [2.24, 2.45) is 5.92 Å². The number of hydrogen-bond donors (Lipinski definition) is 9. The minimum atomic E-state index is -1.15. The Labute approximate surface area is 408 Å². The normalized spacial score (nSPS) is 32.2. The zero-order valence-electron chi connectivity index (χ0n) is 39.5. The Kier molecular flexibility index (Phi) is 10.1. The molecule has 4 amide bonds. The SMILES string of the molecule is CN1CCC23c4c5ccc(O)c4O[C@H]2[C@@H](NC(=O)COCC(=O)NCNC(=O)COCC(=O)Nc2cccc4c6c([nH]c24)[C@@H]2Oc4c(O)ccc7c4C24CCN(CC2CC2)C(C7)[C@]4(O)C6)CC[C@@]3(O)C1C5. The van der Waals surface area contributed by atoms with Crippen LogP contribution in [-0.4, -0.2) is 154 Å². The minimum absolute atomic E-state index is 0.0134. The quantitative estimate of drug-likeness (QED) is 0.0811. The van der Waals surface area contributed by atoms with Crippen LogP contribution in [0.5, 0.6) is 23.0 Å². The van der Waals surface area contributed by atoms with E-state index in [2.05, 4.69) is 36.1 Å². The van der Waals surface area contributed by atoms with Gasteiger partial charge in [-0.25, -0.2) is 0 Å². The first-order chi connectivity index (χ1) is 34.2. The summed E-state index contributed by atoms with van der Waals surface area (Å²) in [7, 11) is 2.02. The number of carbonyl (C=O) groups excluding carboxylic acids is 4. The van der Waals surface area contributed by atoms with Crippen LogP contribution in [0.1, 0.15) is 78.1 Å². The number of aromatic amines is 1. The first kappa shape index (κ1) is 44.9. The average molecular weight is 974 g/mol. The molecule has 4 bridgehead atoms. The number of H-pyrrole nitrogens is 1. The van der Waals surface area contributed by atoms with Gasteiger partial charge < -0.3 is 70.5 Å². The van der Waals surface area contributed by atoms with Gasteiger partial charge in [0.1, 0.15) is 32.5 Å². The number of piperidine rings is 2. The number of benzene rings is 3. The molecule has 0 radical (unpaired) electrons. The number of rotatable bonds is 14. The number of phenolic OH excluding ortho intramolecular Hbond substituents is 2. The van der Waals surface area contributed by atoms with E-state index in [1.54, 1.807) is 18.2 Å². The molecular weight excluding hydrogens is 915 g/mol. The van der Waals surface area contributed by atoms with Gasteiger partial charge >= 0.3 is 0 Å². The molecule has 4 unspecified atom stereocenters. The lowest BCUT2D eigenvalue weighted by atomic mass is 9.48.